The molecule has 20 heavy (non-hydrogen) atoms. The average Bonchev–Trinajstić information content (AvgIpc) is 2.80. The Balaban J connectivity index is 2.25. The summed E-state index contributed by atoms with van der Waals surface area (Å²) in [7, 11) is -3.78. The molecule has 0 spiro atoms. The third kappa shape index (κ3) is 3.48. The highest BCUT2D eigenvalue weighted by Gasteiger charge is 2.18. The molecule has 1 aromatic heterocycles. The number of hydrogen-bond donors (Lipinski definition) is 2. The summed E-state index contributed by atoms with van der Waals surface area (Å²) in [6.45, 7) is -0.390. The molecule has 0 aliphatic rings. The Kier molecular flexibility index (Phi) is 4.28. The molecule has 0 bridgehead atoms. The highest BCUT2D eigenvalue weighted by molar-refractivity contribution is 14.1. The van der Waals surface area contributed by atoms with E-state index in [0.717, 1.165) is 14.4 Å². The highest BCUT2D eigenvalue weighted by atomic mass is 127. The van der Waals surface area contributed by atoms with Crippen molar-refractivity contribution < 1.29 is 18.3 Å². The summed E-state index contributed by atoms with van der Waals surface area (Å²) >= 11 is 2.02. The number of halogens is 1. The molecule has 9 heteroatoms. The molecule has 2 aromatic rings. The molecular formula is C11H10IN3O4S. The van der Waals surface area contributed by atoms with Crippen molar-refractivity contribution in [2.24, 2.45) is 0 Å². The van der Waals surface area contributed by atoms with Crippen LogP contribution in [0.15, 0.2) is 41.6 Å². The van der Waals surface area contributed by atoms with Crippen LogP contribution in [-0.2, 0) is 21.4 Å². The van der Waals surface area contributed by atoms with Gasteiger partial charge in [0.1, 0.15) is 11.4 Å². The summed E-state index contributed by atoms with van der Waals surface area (Å²) in [5.41, 5.74) is 0.457. The zero-order valence-corrected chi connectivity index (χ0v) is 13.0. The average molecular weight is 407 g/mol. The SMILES string of the molecule is O=C(O)Cn1cc(S(=O)(=O)Nc2ccccc2I)cn1. The summed E-state index contributed by atoms with van der Waals surface area (Å²) in [5, 5.41) is 12.3. The maximum atomic E-state index is 12.1. The normalized spacial score (nSPS) is 11.2. The molecule has 0 aliphatic carbocycles. The number of carboxylic acids is 1. The lowest BCUT2D eigenvalue weighted by atomic mass is 10.3. The Morgan fingerprint density at radius 3 is 2.75 bits per heavy atom. The Morgan fingerprint density at radius 1 is 1.40 bits per heavy atom. The van der Waals surface area contributed by atoms with Gasteiger partial charge in [0.05, 0.1) is 11.9 Å². The predicted molar refractivity (Wildman–Crippen MR) is 79.8 cm³/mol. The zero-order chi connectivity index (χ0) is 14.8. The van der Waals surface area contributed by atoms with Crippen LogP contribution in [0.25, 0.3) is 0 Å². The number of sulfonamides is 1. The molecule has 0 radical (unpaired) electrons. The van der Waals surface area contributed by atoms with Crippen LogP contribution in [0.5, 0.6) is 0 Å². The summed E-state index contributed by atoms with van der Waals surface area (Å²) in [4.78, 5) is 10.5. The number of rotatable bonds is 5. The molecule has 0 unspecified atom stereocenters. The van der Waals surface area contributed by atoms with Crippen LogP contribution < -0.4 is 4.72 Å². The monoisotopic (exact) mass is 407 g/mol. The van der Waals surface area contributed by atoms with Gasteiger partial charge >= 0.3 is 5.97 Å². The smallest absolute Gasteiger partial charge is 0.325 e. The molecule has 0 atom stereocenters. The van der Waals surface area contributed by atoms with Gasteiger partial charge in [-0.05, 0) is 34.7 Å². The maximum Gasteiger partial charge on any atom is 0.325 e. The Labute approximate surface area is 128 Å². The van der Waals surface area contributed by atoms with E-state index in [1.165, 1.54) is 6.20 Å². The number of benzene rings is 1. The summed E-state index contributed by atoms with van der Waals surface area (Å²) in [6.07, 6.45) is 2.29. The number of aromatic nitrogens is 2. The second-order valence-electron chi connectivity index (χ2n) is 3.85. The molecule has 0 aliphatic heterocycles. The Morgan fingerprint density at radius 2 is 2.10 bits per heavy atom. The lowest BCUT2D eigenvalue weighted by molar-refractivity contribution is -0.137. The minimum Gasteiger partial charge on any atom is -0.480 e. The molecule has 0 fully saturated rings. The van der Waals surface area contributed by atoms with Crippen LogP contribution in [0.4, 0.5) is 5.69 Å². The predicted octanol–water partition coefficient (Wildman–Crippen LogP) is 1.37. The third-order valence-electron chi connectivity index (χ3n) is 2.34. The lowest BCUT2D eigenvalue weighted by Gasteiger charge is -2.07. The van der Waals surface area contributed by atoms with Crippen molar-refractivity contribution in [3.8, 4) is 0 Å². The standard InChI is InChI=1S/C11H10IN3O4S/c12-9-3-1-2-4-10(9)14-20(18,19)8-5-13-15(6-8)7-11(16)17/h1-6,14H,7H2,(H,16,17). The van der Waals surface area contributed by atoms with E-state index in [-0.39, 0.29) is 4.90 Å². The lowest BCUT2D eigenvalue weighted by Crippen LogP contribution is -2.13. The fourth-order valence-electron chi connectivity index (χ4n) is 1.46. The van der Waals surface area contributed by atoms with E-state index in [2.05, 4.69) is 9.82 Å². The van der Waals surface area contributed by atoms with Crippen LogP contribution in [-0.4, -0.2) is 29.3 Å². The number of nitrogens with zero attached hydrogens (tertiary/aromatic N) is 2. The summed E-state index contributed by atoms with van der Waals surface area (Å²) in [6, 6.07) is 6.92. The summed E-state index contributed by atoms with van der Waals surface area (Å²) in [5.74, 6) is -1.09. The van der Waals surface area contributed by atoms with Gasteiger partial charge in [-0.2, -0.15) is 5.10 Å². The zero-order valence-electron chi connectivity index (χ0n) is 10.0. The van der Waals surface area contributed by atoms with Crippen LogP contribution in [0.2, 0.25) is 0 Å². The minimum atomic E-state index is -3.78. The van der Waals surface area contributed by atoms with Gasteiger partial charge in [-0.15, -0.1) is 0 Å². The van der Waals surface area contributed by atoms with Crippen molar-refractivity contribution in [1.29, 1.82) is 0 Å². The number of para-hydroxylation sites is 1. The molecule has 0 amide bonds. The van der Waals surface area contributed by atoms with Gasteiger partial charge in [-0.3, -0.25) is 14.2 Å². The number of carbonyl (C=O) groups is 1. The molecule has 0 saturated carbocycles. The minimum absolute atomic E-state index is 0.0848. The number of anilines is 1. The number of hydrogen-bond acceptors (Lipinski definition) is 4. The molecule has 7 nitrogen and oxygen atoms in total. The van der Waals surface area contributed by atoms with E-state index in [1.54, 1.807) is 24.3 Å². The van der Waals surface area contributed by atoms with E-state index < -0.39 is 22.5 Å². The van der Waals surface area contributed by atoms with Crippen molar-refractivity contribution in [1.82, 2.24) is 9.78 Å². The first kappa shape index (κ1) is 14.8. The van der Waals surface area contributed by atoms with E-state index >= 15 is 0 Å². The molecule has 1 heterocycles. The van der Waals surface area contributed by atoms with Crippen LogP contribution >= 0.6 is 22.6 Å². The highest BCUT2D eigenvalue weighted by Crippen LogP contribution is 2.21. The van der Waals surface area contributed by atoms with Gasteiger partial charge in [0.25, 0.3) is 10.0 Å². The largest absolute Gasteiger partial charge is 0.480 e. The summed E-state index contributed by atoms with van der Waals surface area (Å²) < 4.78 is 28.5. The van der Waals surface area contributed by atoms with Crippen LogP contribution in [0.1, 0.15) is 0 Å². The van der Waals surface area contributed by atoms with E-state index in [1.807, 2.05) is 22.6 Å². The van der Waals surface area contributed by atoms with Crippen LogP contribution in [0, 0.1) is 3.57 Å². The topological polar surface area (TPSA) is 101 Å². The van der Waals surface area contributed by atoms with E-state index in [9.17, 15) is 13.2 Å². The van der Waals surface area contributed by atoms with Gasteiger partial charge < -0.3 is 5.11 Å². The second kappa shape index (κ2) is 5.79. The first-order valence-electron chi connectivity index (χ1n) is 5.40. The molecule has 2 rings (SSSR count). The van der Waals surface area contributed by atoms with Gasteiger partial charge in [-0.25, -0.2) is 8.42 Å². The van der Waals surface area contributed by atoms with Crippen molar-refractivity contribution >= 4 is 44.3 Å². The number of carboxylic acid groups (broad SMARTS) is 1. The third-order valence-corrected chi connectivity index (χ3v) is 4.60. The van der Waals surface area contributed by atoms with Gasteiger partial charge in [-0.1, -0.05) is 12.1 Å². The van der Waals surface area contributed by atoms with Crippen molar-refractivity contribution in [3.05, 3.63) is 40.2 Å². The fourth-order valence-corrected chi connectivity index (χ4v) is 3.19. The molecular weight excluding hydrogens is 397 g/mol. The number of nitrogens with one attached hydrogen (secondary N) is 1. The van der Waals surface area contributed by atoms with Crippen LogP contribution in [0.3, 0.4) is 0 Å². The number of aliphatic carboxylic acids is 1. The van der Waals surface area contributed by atoms with Crippen molar-refractivity contribution in [2.45, 2.75) is 11.4 Å². The molecule has 106 valence electrons. The quantitative estimate of drug-likeness (QED) is 0.730. The molecule has 0 saturated heterocycles. The van der Waals surface area contributed by atoms with Crippen molar-refractivity contribution in [2.75, 3.05) is 4.72 Å². The first-order valence-corrected chi connectivity index (χ1v) is 7.96. The van der Waals surface area contributed by atoms with E-state index in [4.69, 9.17) is 5.11 Å². The molecule has 2 N–H and O–H groups in total. The maximum absolute atomic E-state index is 12.1. The Bertz CT molecular complexity index is 742. The molecule has 1 aromatic carbocycles. The van der Waals surface area contributed by atoms with Gasteiger partial charge in [0, 0.05) is 9.77 Å². The fraction of sp³-hybridized carbons (Fsp3) is 0.0909. The van der Waals surface area contributed by atoms with E-state index in [0.29, 0.717) is 5.69 Å². The van der Waals surface area contributed by atoms with Gasteiger partial charge in [0.2, 0.25) is 0 Å². The first-order chi connectivity index (χ1) is 9.38. The Hall–Kier alpha value is -1.62. The van der Waals surface area contributed by atoms with Crippen molar-refractivity contribution in [3.63, 3.8) is 0 Å². The second-order valence-corrected chi connectivity index (χ2v) is 6.70. The van der Waals surface area contributed by atoms with Gasteiger partial charge in [0.15, 0.2) is 0 Å².